The largest absolute Gasteiger partial charge is 0.399 e. The van der Waals surface area contributed by atoms with E-state index in [2.05, 4.69) is 4.90 Å². The Morgan fingerprint density at radius 1 is 1.38 bits per heavy atom. The first-order valence-electron chi connectivity index (χ1n) is 5.88. The van der Waals surface area contributed by atoms with Crippen molar-refractivity contribution in [1.29, 1.82) is 0 Å². The highest BCUT2D eigenvalue weighted by Crippen LogP contribution is 2.31. The summed E-state index contributed by atoms with van der Waals surface area (Å²) >= 11 is 0. The molecule has 0 aliphatic heterocycles. The minimum Gasteiger partial charge on any atom is -0.399 e. The molecule has 3 nitrogen and oxygen atoms in total. The minimum atomic E-state index is -0.501. The zero-order chi connectivity index (χ0) is 11.6. The molecular weight excluding hydrogens is 200 g/mol. The van der Waals surface area contributed by atoms with Gasteiger partial charge in [0.2, 0.25) is 0 Å². The fourth-order valence-electron chi connectivity index (χ4n) is 2.49. The van der Waals surface area contributed by atoms with Gasteiger partial charge in [-0.05, 0) is 31.0 Å². The van der Waals surface area contributed by atoms with Crippen molar-refractivity contribution >= 4 is 11.4 Å². The van der Waals surface area contributed by atoms with Crippen molar-refractivity contribution in [2.24, 2.45) is 0 Å². The molecule has 1 aliphatic carbocycles. The number of hydrogen-bond acceptors (Lipinski definition) is 3. The van der Waals surface area contributed by atoms with Gasteiger partial charge < -0.3 is 15.7 Å². The van der Waals surface area contributed by atoms with Crippen LogP contribution in [0.15, 0.2) is 24.3 Å². The van der Waals surface area contributed by atoms with Crippen LogP contribution in [0.2, 0.25) is 0 Å². The normalized spacial score (nSPS) is 18.6. The monoisotopic (exact) mass is 220 g/mol. The van der Waals surface area contributed by atoms with Crippen molar-refractivity contribution in [3.8, 4) is 0 Å². The van der Waals surface area contributed by atoms with Crippen molar-refractivity contribution in [2.75, 3.05) is 24.2 Å². The average molecular weight is 220 g/mol. The number of nitrogen functional groups attached to an aromatic ring is 1. The van der Waals surface area contributed by atoms with E-state index in [1.54, 1.807) is 0 Å². The Balaban J connectivity index is 2.05. The van der Waals surface area contributed by atoms with Gasteiger partial charge in [-0.25, -0.2) is 0 Å². The molecule has 3 N–H and O–H groups in total. The van der Waals surface area contributed by atoms with Crippen molar-refractivity contribution in [3.05, 3.63) is 24.3 Å². The maximum atomic E-state index is 10.3. The molecule has 2 rings (SSSR count). The zero-order valence-corrected chi connectivity index (χ0v) is 9.82. The quantitative estimate of drug-likeness (QED) is 0.766. The summed E-state index contributed by atoms with van der Waals surface area (Å²) in [6, 6.07) is 7.79. The second-order valence-corrected chi connectivity index (χ2v) is 4.88. The number of aliphatic hydroxyl groups is 1. The maximum absolute atomic E-state index is 10.3. The molecule has 1 aliphatic rings. The van der Waals surface area contributed by atoms with Gasteiger partial charge in [0.25, 0.3) is 0 Å². The van der Waals surface area contributed by atoms with Crippen LogP contribution in [0.4, 0.5) is 11.4 Å². The Hall–Kier alpha value is -1.22. The van der Waals surface area contributed by atoms with Crippen LogP contribution in [0.3, 0.4) is 0 Å². The van der Waals surface area contributed by atoms with E-state index in [0.717, 1.165) is 37.1 Å². The lowest BCUT2D eigenvalue weighted by atomic mass is 10.0. The Bertz CT molecular complexity index is 359. The lowest BCUT2D eigenvalue weighted by molar-refractivity contribution is 0.0559. The highest BCUT2D eigenvalue weighted by Gasteiger charge is 2.32. The molecule has 88 valence electrons. The van der Waals surface area contributed by atoms with Crippen LogP contribution < -0.4 is 10.6 Å². The third-order valence-corrected chi connectivity index (χ3v) is 3.38. The van der Waals surface area contributed by atoms with E-state index < -0.39 is 5.60 Å². The van der Waals surface area contributed by atoms with Crippen LogP contribution in [0.5, 0.6) is 0 Å². The summed E-state index contributed by atoms with van der Waals surface area (Å²) in [6.07, 6.45) is 4.11. The average Bonchev–Trinajstić information content (AvgIpc) is 2.65. The smallest absolute Gasteiger partial charge is 0.0821 e. The third-order valence-electron chi connectivity index (χ3n) is 3.38. The number of nitrogens with two attached hydrogens (primary N) is 1. The molecule has 3 heteroatoms. The van der Waals surface area contributed by atoms with Gasteiger partial charge in [-0.2, -0.15) is 0 Å². The van der Waals surface area contributed by atoms with Gasteiger partial charge in [0.1, 0.15) is 0 Å². The molecule has 0 atom stereocenters. The molecule has 1 fully saturated rings. The second kappa shape index (κ2) is 4.34. The minimum absolute atomic E-state index is 0.501. The fourth-order valence-corrected chi connectivity index (χ4v) is 2.49. The number of benzene rings is 1. The summed E-state index contributed by atoms with van der Waals surface area (Å²) < 4.78 is 0. The van der Waals surface area contributed by atoms with Crippen molar-refractivity contribution in [1.82, 2.24) is 0 Å². The van der Waals surface area contributed by atoms with Gasteiger partial charge in [0.05, 0.1) is 5.60 Å². The van der Waals surface area contributed by atoms with E-state index >= 15 is 0 Å². The number of hydrogen-bond donors (Lipinski definition) is 2. The van der Waals surface area contributed by atoms with Crippen LogP contribution in [0, 0.1) is 0 Å². The van der Waals surface area contributed by atoms with Crippen LogP contribution in [0.25, 0.3) is 0 Å². The summed E-state index contributed by atoms with van der Waals surface area (Å²) in [5.41, 5.74) is 7.08. The molecule has 0 spiro atoms. The van der Waals surface area contributed by atoms with Crippen LogP contribution >= 0.6 is 0 Å². The summed E-state index contributed by atoms with van der Waals surface area (Å²) in [5, 5.41) is 10.3. The first kappa shape index (κ1) is 11.3. The predicted octanol–water partition coefficient (Wildman–Crippen LogP) is 2.01. The predicted molar refractivity (Wildman–Crippen MR) is 67.5 cm³/mol. The van der Waals surface area contributed by atoms with Gasteiger partial charge >= 0.3 is 0 Å². The van der Waals surface area contributed by atoms with E-state index in [-0.39, 0.29) is 0 Å². The Kier molecular flexibility index (Phi) is 3.06. The molecule has 0 amide bonds. The van der Waals surface area contributed by atoms with E-state index in [0.29, 0.717) is 6.54 Å². The molecular formula is C13H20N2O. The van der Waals surface area contributed by atoms with E-state index in [1.807, 2.05) is 31.3 Å². The van der Waals surface area contributed by atoms with Gasteiger partial charge in [0, 0.05) is 25.0 Å². The standard InChI is InChI=1S/C13H20N2O/c1-15(10-13(16)7-2-3-8-13)12-6-4-5-11(14)9-12/h4-6,9,16H,2-3,7-8,10,14H2,1H3. The van der Waals surface area contributed by atoms with Crippen molar-refractivity contribution in [2.45, 2.75) is 31.3 Å². The number of rotatable bonds is 3. The lowest BCUT2D eigenvalue weighted by Crippen LogP contribution is -2.39. The fraction of sp³-hybridized carbons (Fsp3) is 0.538. The van der Waals surface area contributed by atoms with Gasteiger partial charge in [-0.3, -0.25) is 0 Å². The highest BCUT2D eigenvalue weighted by molar-refractivity contribution is 5.55. The van der Waals surface area contributed by atoms with Gasteiger partial charge in [0.15, 0.2) is 0 Å². The lowest BCUT2D eigenvalue weighted by Gasteiger charge is -2.30. The third kappa shape index (κ3) is 2.47. The van der Waals surface area contributed by atoms with Crippen molar-refractivity contribution in [3.63, 3.8) is 0 Å². The number of likely N-dealkylation sites (N-methyl/N-ethyl adjacent to an activating group) is 1. The maximum Gasteiger partial charge on any atom is 0.0821 e. The summed E-state index contributed by atoms with van der Waals surface area (Å²) in [4.78, 5) is 2.08. The molecule has 16 heavy (non-hydrogen) atoms. The molecule has 0 heterocycles. The van der Waals surface area contributed by atoms with E-state index in [4.69, 9.17) is 5.73 Å². The molecule has 1 saturated carbocycles. The topological polar surface area (TPSA) is 49.5 Å². The summed E-state index contributed by atoms with van der Waals surface area (Å²) in [6.45, 7) is 0.691. The molecule has 0 radical (unpaired) electrons. The van der Waals surface area contributed by atoms with E-state index in [1.165, 1.54) is 0 Å². The Morgan fingerprint density at radius 2 is 2.06 bits per heavy atom. The van der Waals surface area contributed by atoms with Gasteiger partial charge in [-0.1, -0.05) is 18.9 Å². The molecule has 1 aromatic rings. The molecule has 0 bridgehead atoms. The van der Waals surface area contributed by atoms with E-state index in [9.17, 15) is 5.11 Å². The van der Waals surface area contributed by atoms with Crippen LogP contribution in [-0.4, -0.2) is 24.3 Å². The Labute approximate surface area is 96.9 Å². The molecule has 0 unspecified atom stereocenters. The van der Waals surface area contributed by atoms with Crippen LogP contribution in [-0.2, 0) is 0 Å². The molecule has 0 saturated heterocycles. The first-order valence-corrected chi connectivity index (χ1v) is 5.88. The summed E-state index contributed by atoms with van der Waals surface area (Å²) in [5.74, 6) is 0. The summed E-state index contributed by atoms with van der Waals surface area (Å²) in [7, 11) is 2.01. The SMILES string of the molecule is CN(CC1(O)CCCC1)c1cccc(N)c1. The van der Waals surface area contributed by atoms with Gasteiger partial charge in [-0.15, -0.1) is 0 Å². The van der Waals surface area contributed by atoms with Crippen LogP contribution in [0.1, 0.15) is 25.7 Å². The first-order chi connectivity index (χ1) is 7.59. The number of nitrogens with zero attached hydrogens (tertiary/aromatic N) is 1. The molecule has 1 aromatic carbocycles. The second-order valence-electron chi connectivity index (χ2n) is 4.88. The Morgan fingerprint density at radius 3 is 2.69 bits per heavy atom. The van der Waals surface area contributed by atoms with Crippen molar-refractivity contribution < 1.29 is 5.11 Å². The molecule has 0 aromatic heterocycles. The number of anilines is 2. The highest BCUT2D eigenvalue weighted by atomic mass is 16.3. The zero-order valence-electron chi connectivity index (χ0n) is 9.82.